The van der Waals surface area contributed by atoms with E-state index < -0.39 is 0 Å². The second-order valence-corrected chi connectivity index (χ2v) is 8.83. The van der Waals surface area contributed by atoms with Gasteiger partial charge in [0, 0.05) is 62.5 Å². The van der Waals surface area contributed by atoms with Crippen molar-refractivity contribution >= 4 is 22.6 Å². The highest BCUT2D eigenvalue weighted by atomic mass is 16.3. The summed E-state index contributed by atoms with van der Waals surface area (Å²) in [5.74, 6) is 0.764. The minimum Gasteiger partial charge on any atom is -0.392 e. The van der Waals surface area contributed by atoms with E-state index >= 15 is 0 Å². The van der Waals surface area contributed by atoms with E-state index in [1.54, 1.807) is 0 Å². The van der Waals surface area contributed by atoms with Gasteiger partial charge in [0.05, 0.1) is 12.1 Å². The number of rotatable bonds is 5. The lowest BCUT2D eigenvalue weighted by molar-refractivity contribution is 0.0730. The summed E-state index contributed by atoms with van der Waals surface area (Å²) in [6, 6.07) is 10.4. The molecular weight excluding hydrogens is 414 g/mol. The first kappa shape index (κ1) is 21.7. The number of carbonyl (C=O) groups excluding carboxylic acids is 1. The molecule has 0 unspecified atom stereocenters. The lowest BCUT2D eigenvalue weighted by Gasteiger charge is -2.31. The number of aliphatic hydroxyl groups excluding tert-OH is 1. The number of hydrogen-bond donors (Lipinski definition) is 2. The number of anilines is 1. The molecule has 1 aromatic carbocycles. The number of aromatic nitrogens is 2. The fourth-order valence-electron chi connectivity index (χ4n) is 5.14. The largest absolute Gasteiger partial charge is 0.392 e. The summed E-state index contributed by atoms with van der Waals surface area (Å²) >= 11 is 0. The van der Waals surface area contributed by atoms with Gasteiger partial charge < -0.3 is 24.8 Å². The summed E-state index contributed by atoms with van der Waals surface area (Å²) in [6.07, 6.45) is 2.80. The molecule has 1 saturated heterocycles. The van der Waals surface area contributed by atoms with Crippen LogP contribution < -0.4 is 10.2 Å². The number of nitrogens with one attached hydrogen (secondary N) is 1. The third kappa shape index (κ3) is 3.81. The van der Waals surface area contributed by atoms with Crippen LogP contribution in [0.25, 0.3) is 10.9 Å². The lowest BCUT2D eigenvalue weighted by Crippen LogP contribution is -2.46. The maximum Gasteiger partial charge on any atom is 0.272 e. The van der Waals surface area contributed by atoms with E-state index in [1.807, 2.05) is 24.0 Å². The number of nitrogens with zero attached hydrogens (tertiary/aromatic N) is 4. The molecule has 2 aliphatic heterocycles. The van der Waals surface area contributed by atoms with Gasteiger partial charge in [-0.25, -0.2) is 4.98 Å². The number of amides is 1. The molecular formula is C26H31N5O2. The van der Waals surface area contributed by atoms with E-state index in [1.165, 1.54) is 11.1 Å². The van der Waals surface area contributed by atoms with Crippen LogP contribution in [0.15, 0.2) is 43.0 Å². The first-order valence-corrected chi connectivity index (χ1v) is 11.7. The maximum absolute atomic E-state index is 13.4. The smallest absolute Gasteiger partial charge is 0.272 e. The minimum atomic E-state index is -0.0833. The van der Waals surface area contributed by atoms with E-state index in [4.69, 9.17) is 4.98 Å². The second kappa shape index (κ2) is 9.00. The number of benzene rings is 1. The molecule has 2 N–H and O–H groups in total. The first-order chi connectivity index (χ1) is 16.1. The number of pyridine rings is 1. The Labute approximate surface area is 194 Å². The average Bonchev–Trinajstić information content (AvgIpc) is 3.13. The van der Waals surface area contributed by atoms with Gasteiger partial charge in [-0.15, -0.1) is 6.58 Å². The summed E-state index contributed by atoms with van der Waals surface area (Å²) in [6.45, 7) is 11.0. The van der Waals surface area contributed by atoms with Gasteiger partial charge in [0.25, 0.3) is 5.91 Å². The molecule has 7 nitrogen and oxygen atoms in total. The van der Waals surface area contributed by atoms with Crippen LogP contribution in [0.5, 0.6) is 0 Å². The molecule has 0 spiro atoms. The van der Waals surface area contributed by atoms with Crippen molar-refractivity contribution in [1.82, 2.24) is 19.8 Å². The van der Waals surface area contributed by atoms with Crippen LogP contribution in [0, 0.1) is 6.92 Å². The Hall–Kier alpha value is -3.16. The summed E-state index contributed by atoms with van der Waals surface area (Å²) in [4.78, 5) is 22.6. The molecule has 2 aliphatic rings. The van der Waals surface area contributed by atoms with Crippen LogP contribution in [0.1, 0.15) is 32.9 Å². The third-order valence-corrected chi connectivity index (χ3v) is 6.93. The van der Waals surface area contributed by atoms with Gasteiger partial charge in [-0.05, 0) is 30.5 Å². The number of carbonyl (C=O) groups is 1. The highest BCUT2D eigenvalue weighted by molar-refractivity contribution is 6.01. The van der Waals surface area contributed by atoms with E-state index in [9.17, 15) is 9.90 Å². The molecule has 1 amide bonds. The van der Waals surface area contributed by atoms with Gasteiger partial charge in [-0.2, -0.15) is 0 Å². The number of allylic oxidation sites excluding steroid dienone is 1. The third-order valence-electron chi connectivity index (χ3n) is 6.93. The zero-order chi connectivity index (χ0) is 22.9. The van der Waals surface area contributed by atoms with Crippen molar-refractivity contribution in [3.05, 3.63) is 71.1 Å². The number of aliphatic hydroxyl groups is 1. The Bertz CT molecular complexity index is 1210. The van der Waals surface area contributed by atoms with Crippen molar-refractivity contribution in [2.75, 3.05) is 37.6 Å². The van der Waals surface area contributed by atoms with Crippen LogP contribution in [0.3, 0.4) is 0 Å². The second-order valence-electron chi connectivity index (χ2n) is 8.83. The SMILES string of the molecule is C=CCn1c(C)c(CO)c2cc(C(=O)N3CCNCC3)nc(N3CCc4ccccc4C3)c21. The molecule has 0 radical (unpaired) electrons. The Morgan fingerprint density at radius 3 is 2.70 bits per heavy atom. The van der Waals surface area contributed by atoms with Crippen molar-refractivity contribution in [2.45, 2.75) is 33.0 Å². The fourth-order valence-corrected chi connectivity index (χ4v) is 5.14. The summed E-state index contributed by atoms with van der Waals surface area (Å²) in [7, 11) is 0. The number of fused-ring (bicyclic) bond motifs is 2. The van der Waals surface area contributed by atoms with Crippen molar-refractivity contribution in [3.8, 4) is 0 Å². The van der Waals surface area contributed by atoms with Gasteiger partial charge >= 0.3 is 0 Å². The van der Waals surface area contributed by atoms with Crippen molar-refractivity contribution in [1.29, 1.82) is 0 Å². The predicted octanol–water partition coefficient (Wildman–Crippen LogP) is 2.63. The molecule has 7 heteroatoms. The van der Waals surface area contributed by atoms with Crippen molar-refractivity contribution in [2.24, 2.45) is 0 Å². The van der Waals surface area contributed by atoms with Gasteiger partial charge in [0.2, 0.25) is 0 Å². The van der Waals surface area contributed by atoms with Gasteiger partial charge in [0.1, 0.15) is 5.69 Å². The molecule has 3 aromatic rings. The van der Waals surface area contributed by atoms with Crippen LogP contribution in [0.4, 0.5) is 5.82 Å². The summed E-state index contributed by atoms with van der Waals surface area (Å²) in [5, 5.41) is 14.4. The molecule has 5 rings (SSSR count). The van der Waals surface area contributed by atoms with E-state index in [0.29, 0.717) is 25.3 Å². The van der Waals surface area contributed by atoms with E-state index in [0.717, 1.165) is 60.6 Å². The minimum absolute atomic E-state index is 0.0462. The van der Waals surface area contributed by atoms with Gasteiger partial charge in [0.15, 0.2) is 5.82 Å². The zero-order valence-corrected chi connectivity index (χ0v) is 19.2. The number of hydrogen-bond acceptors (Lipinski definition) is 5. The van der Waals surface area contributed by atoms with E-state index in [-0.39, 0.29) is 12.5 Å². The van der Waals surface area contributed by atoms with Gasteiger partial charge in [-0.3, -0.25) is 4.79 Å². The molecule has 4 heterocycles. The molecule has 33 heavy (non-hydrogen) atoms. The molecule has 0 saturated carbocycles. The van der Waals surface area contributed by atoms with Crippen molar-refractivity contribution in [3.63, 3.8) is 0 Å². The Balaban J connectivity index is 1.68. The predicted molar refractivity (Wildman–Crippen MR) is 131 cm³/mol. The fraction of sp³-hybridized carbons (Fsp3) is 0.385. The lowest BCUT2D eigenvalue weighted by atomic mass is 9.99. The van der Waals surface area contributed by atoms with Crippen LogP contribution in [-0.4, -0.2) is 58.2 Å². The molecule has 1 fully saturated rings. The number of piperazine rings is 1. The van der Waals surface area contributed by atoms with Crippen LogP contribution in [-0.2, 0) is 26.1 Å². The quantitative estimate of drug-likeness (QED) is 0.591. The normalized spacial score (nSPS) is 16.2. The highest BCUT2D eigenvalue weighted by Gasteiger charge is 2.27. The first-order valence-electron chi connectivity index (χ1n) is 11.7. The zero-order valence-electron chi connectivity index (χ0n) is 19.2. The summed E-state index contributed by atoms with van der Waals surface area (Å²) < 4.78 is 2.16. The average molecular weight is 446 g/mol. The van der Waals surface area contributed by atoms with Crippen LogP contribution in [0.2, 0.25) is 0 Å². The molecule has 2 aromatic heterocycles. The van der Waals surface area contributed by atoms with Gasteiger partial charge in [-0.1, -0.05) is 30.3 Å². The summed E-state index contributed by atoms with van der Waals surface area (Å²) in [5.41, 5.74) is 5.91. The molecule has 172 valence electrons. The Morgan fingerprint density at radius 1 is 1.21 bits per heavy atom. The monoisotopic (exact) mass is 445 g/mol. The Morgan fingerprint density at radius 2 is 1.97 bits per heavy atom. The topological polar surface area (TPSA) is 73.6 Å². The van der Waals surface area contributed by atoms with Crippen LogP contribution >= 0.6 is 0 Å². The standard InChI is InChI=1S/C26H31N5O2/c1-3-11-31-18(2)22(17-32)21-15-23(26(33)29-13-9-27-10-14-29)28-25(24(21)31)30-12-8-19-6-4-5-7-20(19)16-30/h3-7,15,27,32H,1,8-14,16-17H2,2H3. The molecule has 0 aliphatic carbocycles. The maximum atomic E-state index is 13.4. The van der Waals surface area contributed by atoms with E-state index in [2.05, 4.69) is 45.6 Å². The highest BCUT2D eigenvalue weighted by Crippen LogP contribution is 2.35. The molecule has 0 bridgehead atoms. The Kier molecular flexibility index (Phi) is 5.91. The molecule has 0 atom stereocenters. The van der Waals surface area contributed by atoms with Crippen molar-refractivity contribution < 1.29 is 9.90 Å².